The number of halogens is 1. The normalized spacial score (nSPS) is 24.9. The molecular formula is C17H17BrN2O7. The first kappa shape index (κ1) is 19.6. The lowest BCUT2D eigenvalue weighted by atomic mass is 10.1. The smallest absolute Gasteiger partial charge is 0.333 e. The fourth-order valence-corrected chi connectivity index (χ4v) is 3.12. The molecule has 2 aromatic rings. The Hall–Kier alpha value is -2.11. The fourth-order valence-electron chi connectivity index (χ4n) is 2.85. The van der Waals surface area contributed by atoms with Gasteiger partial charge in [0.1, 0.15) is 18.3 Å². The van der Waals surface area contributed by atoms with Crippen molar-refractivity contribution in [2.75, 3.05) is 6.61 Å². The number of nitrogens with zero attached hydrogens (tertiary/aromatic N) is 2. The van der Waals surface area contributed by atoms with Gasteiger partial charge in [-0.25, -0.2) is 4.79 Å². The van der Waals surface area contributed by atoms with Crippen molar-refractivity contribution in [3.8, 4) is 0 Å². The number of ketones is 1. The summed E-state index contributed by atoms with van der Waals surface area (Å²) in [6.45, 7) is -1.04. The van der Waals surface area contributed by atoms with E-state index in [2.05, 4.69) is 15.9 Å². The Balaban J connectivity index is 1.93. The van der Waals surface area contributed by atoms with Crippen LogP contribution in [-0.2, 0) is 11.3 Å². The van der Waals surface area contributed by atoms with Crippen LogP contribution in [0.5, 0.6) is 0 Å². The van der Waals surface area contributed by atoms with Crippen molar-refractivity contribution in [3.05, 3.63) is 67.4 Å². The highest BCUT2D eigenvalue weighted by Gasteiger charge is 2.43. The van der Waals surface area contributed by atoms with Crippen LogP contribution in [0.2, 0.25) is 0 Å². The number of hydrogen-bond acceptors (Lipinski definition) is 7. The molecule has 0 amide bonds. The van der Waals surface area contributed by atoms with Crippen LogP contribution in [0, 0.1) is 0 Å². The van der Waals surface area contributed by atoms with Gasteiger partial charge in [0, 0.05) is 22.3 Å². The Morgan fingerprint density at radius 2 is 1.78 bits per heavy atom. The molecule has 1 aromatic heterocycles. The molecular weight excluding hydrogens is 424 g/mol. The Labute approximate surface area is 161 Å². The topological polar surface area (TPSA) is 131 Å². The van der Waals surface area contributed by atoms with Gasteiger partial charge in [0.15, 0.2) is 12.0 Å². The molecule has 0 bridgehead atoms. The molecule has 10 heteroatoms. The Morgan fingerprint density at radius 3 is 2.37 bits per heavy atom. The van der Waals surface area contributed by atoms with Gasteiger partial charge in [-0.05, 0) is 12.1 Å². The van der Waals surface area contributed by atoms with Gasteiger partial charge < -0.3 is 20.1 Å². The van der Waals surface area contributed by atoms with Gasteiger partial charge in [0.25, 0.3) is 5.56 Å². The van der Waals surface area contributed by atoms with Gasteiger partial charge >= 0.3 is 5.69 Å². The molecule has 1 aliphatic heterocycles. The second-order valence-electron chi connectivity index (χ2n) is 6.09. The standard InChI is InChI=1S/C17H17BrN2O7/c18-10-3-1-9(2-4-10)11(22)7-20-13(23)5-6-19(17(20)26)16-15(25)14(24)12(8-21)27-16/h1-6,12,14-16,21,24-25H,7-8H2/t12-,14-,15-,16-/m1/s1. The van der Waals surface area contributed by atoms with Gasteiger partial charge in [-0.1, -0.05) is 28.1 Å². The second kappa shape index (κ2) is 7.87. The van der Waals surface area contributed by atoms with E-state index in [0.29, 0.717) is 5.56 Å². The first-order chi connectivity index (χ1) is 12.8. The van der Waals surface area contributed by atoms with Crippen molar-refractivity contribution in [1.29, 1.82) is 0 Å². The molecule has 1 aliphatic rings. The number of aliphatic hydroxyl groups excluding tert-OH is 3. The summed E-state index contributed by atoms with van der Waals surface area (Å²) < 4.78 is 7.73. The van der Waals surface area contributed by atoms with E-state index < -0.39 is 54.7 Å². The summed E-state index contributed by atoms with van der Waals surface area (Å²) in [7, 11) is 0. The average molecular weight is 441 g/mol. The number of aromatic nitrogens is 2. The maximum atomic E-state index is 12.7. The molecule has 0 radical (unpaired) electrons. The minimum Gasteiger partial charge on any atom is -0.394 e. The molecule has 1 aromatic carbocycles. The Kier molecular flexibility index (Phi) is 5.72. The zero-order chi connectivity index (χ0) is 19.7. The number of carbonyl (C=O) groups excluding carboxylic acids is 1. The molecule has 1 saturated heterocycles. The minimum absolute atomic E-state index is 0.327. The van der Waals surface area contributed by atoms with E-state index in [1.54, 1.807) is 24.3 Å². The van der Waals surface area contributed by atoms with Crippen LogP contribution in [-0.4, -0.2) is 55.2 Å². The summed E-state index contributed by atoms with van der Waals surface area (Å²) in [4.78, 5) is 37.2. The summed E-state index contributed by atoms with van der Waals surface area (Å²) in [6.07, 6.45) is -4.11. The molecule has 144 valence electrons. The summed E-state index contributed by atoms with van der Waals surface area (Å²) >= 11 is 3.26. The molecule has 3 rings (SSSR count). The van der Waals surface area contributed by atoms with Gasteiger partial charge in [-0.15, -0.1) is 0 Å². The molecule has 4 atom stereocenters. The lowest BCUT2D eigenvalue weighted by molar-refractivity contribution is -0.0555. The predicted octanol–water partition coefficient (Wildman–Crippen LogP) is -0.733. The SMILES string of the molecule is O=C(Cn1c(=O)ccn([C@@H]2O[C@H](CO)[C@@H](O)[C@H]2O)c1=O)c1ccc(Br)cc1. The highest BCUT2D eigenvalue weighted by Crippen LogP contribution is 2.27. The number of hydrogen-bond donors (Lipinski definition) is 3. The third-order valence-electron chi connectivity index (χ3n) is 4.35. The number of ether oxygens (including phenoxy) is 1. The van der Waals surface area contributed by atoms with Crippen LogP contribution in [0.3, 0.4) is 0 Å². The zero-order valence-electron chi connectivity index (χ0n) is 13.9. The predicted molar refractivity (Wildman–Crippen MR) is 96.4 cm³/mol. The number of Topliss-reactive ketones (excluding diaryl/α,β-unsaturated/α-hetero) is 1. The fraction of sp³-hybridized carbons (Fsp3) is 0.353. The highest BCUT2D eigenvalue weighted by molar-refractivity contribution is 9.10. The van der Waals surface area contributed by atoms with E-state index in [1.807, 2.05) is 0 Å². The lowest BCUT2D eigenvalue weighted by Crippen LogP contribution is -2.44. The third-order valence-corrected chi connectivity index (χ3v) is 4.88. The quantitative estimate of drug-likeness (QED) is 0.522. The summed E-state index contributed by atoms with van der Waals surface area (Å²) in [6, 6.07) is 7.51. The van der Waals surface area contributed by atoms with Gasteiger partial charge in [-0.2, -0.15) is 0 Å². The first-order valence-electron chi connectivity index (χ1n) is 8.06. The van der Waals surface area contributed by atoms with Gasteiger partial charge in [0.05, 0.1) is 13.2 Å². The Bertz CT molecular complexity index is 953. The highest BCUT2D eigenvalue weighted by atomic mass is 79.9. The summed E-state index contributed by atoms with van der Waals surface area (Å²) in [5.41, 5.74) is -1.23. The van der Waals surface area contributed by atoms with Crippen LogP contribution in [0.4, 0.5) is 0 Å². The van der Waals surface area contributed by atoms with Gasteiger partial charge in [-0.3, -0.25) is 18.7 Å². The summed E-state index contributed by atoms with van der Waals surface area (Å²) in [5, 5.41) is 29.1. The van der Waals surface area contributed by atoms with E-state index in [9.17, 15) is 24.6 Å². The van der Waals surface area contributed by atoms with Crippen molar-refractivity contribution in [2.45, 2.75) is 31.1 Å². The van der Waals surface area contributed by atoms with Crippen LogP contribution in [0.1, 0.15) is 16.6 Å². The summed E-state index contributed by atoms with van der Waals surface area (Å²) in [5.74, 6) is -0.444. The number of carbonyl (C=O) groups is 1. The van der Waals surface area contributed by atoms with E-state index in [4.69, 9.17) is 9.84 Å². The lowest BCUT2D eigenvalue weighted by Gasteiger charge is -2.18. The van der Waals surface area contributed by atoms with Crippen LogP contribution in [0.25, 0.3) is 0 Å². The van der Waals surface area contributed by atoms with Crippen LogP contribution < -0.4 is 11.2 Å². The van der Waals surface area contributed by atoms with Crippen molar-refractivity contribution < 1.29 is 24.9 Å². The average Bonchev–Trinajstić information content (AvgIpc) is 2.94. The monoisotopic (exact) mass is 440 g/mol. The molecule has 0 saturated carbocycles. The molecule has 0 unspecified atom stereocenters. The van der Waals surface area contributed by atoms with E-state index in [0.717, 1.165) is 25.9 Å². The third kappa shape index (κ3) is 3.80. The van der Waals surface area contributed by atoms with Crippen molar-refractivity contribution in [1.82, 2.24) is 9.13 Å². The first-order valence-corrected chi connectivity index (χ1v) is 8.86. The van der Waals surface area contributed by atoms with E-state index in [-0.39, 0.29) is 0 Å². The maximum Gasteiger partial charge on any atom is 0.333 e. The molecule has 3 N–H and O–H groups in total. The molecule has 27 heavy (non-hydrogen) atoms. The molecule has 2 heterocycles. The van der Waals surface area contributed by atoms with Crippen molar-refractivity contribution >= 4 is 21.7 Å². The molecule has 9 nitrogen and oxygen atoms in total. The number of rotatable bonds is 5. The molecule has 1 fully saturated rings. The minimum atomic E-state index is -1.48. The zero-order valence-corrected chi connectivity index (χ0v) is 15.5. The van der Waals surface area contributed by atoms with Gasteiger partial charge in [0.2, 0.25) is 0 Å². The van der Waals surface area contributed by atoms with Crippen LogP contribution >= 0.6 is 15.9 Å². The maximum absolute atomic E-state index is 12.7. The largest absolute Gasteiger partial charge is 0.394 e. The van der Waals surface area contributed by atoms with Crippen molar-refractivity contribution in [2.24, 2.45) is 0 Å². The molecule has 0 spiro atoms. The van der Waals surface area contributed by atoms with E-state index >= 15 is 0 Å². The van der Waals surface area contributed by atoms with E-state index in [1.165, 1.54) is 0 Å². The van der Waals surface area contributed by atoms with Crippen molar-refractivity contribution in [3.63, 3.8) is 0 Å². The number of benzene rings is 1. The van der Waals surface area contributed by atoms with Crippen LogP contribution in [0.15, 0.2) is 50.6 Å². The second-order valence-corrected chi connectivity index (χ2v) is 7.00. The Morgan fingerprint density at radius 1 is 1.11 bits per heavy atom. The molecule has 0 aliphatic carbocycles. The number of aliphatic hydroxyl groups is 3.